The van der Waals surface area contributed by atoms with Gasteiger partial charge in [0.25, 0.3) is 5.91 Å². The molecule has 2 rings (SSSR count). The Morgan fingerprint density at radius 2 is 1.80 bits per heavy atom. The molecule has 0 saturated carbocycles. The Balaban J connectivity index is 2.05. The molecule has 0 unspecified atom stereocenters. The molecule has 2 aromatic carbocycles. The number of amides is 1. The van der Waals surface area contributed by atoms with E-state index in [0.29, 0.717) is 5.69 Å². The molecule has 0 aliphatic heterocycles. The number of carbonyl (C=O) groups excluding carboxylic acids is 2. The third-order valence-electron chi connectivity index (χ3n) is 3.10. The van der Waals surface area contributed by atoms with Gasteiger partial charge in [0.05, 0.1) is 12.7 Å². The number of primary sulfonamides is 1. The molecule has 0 radical (unpaired) electrons. The summed E-state index contributed by atoms with van der Waals surface area (Å²) < 4.78 is 32.8. The van der Waals surface area contributed by atoms with Gasteiger partial charge in [-0.05, 0) is 30.3 Å². The van der Waals surface area contributed by atoms with Gasteiger partial charge in [-0.25, -0.2) is 18.4 Å². The Labute approximate surface area is 144 Å². The lowest BCUT2D eigenvalue weighted by Crippen LogP contribution is -2.21. The Morgan fingerprint density at radius 3 is 2.40 bits per heavy atom. The van der Waals surface area contributed by atoms with E-state index in [2.05, 4.69) is 5.32 Å². The zero-order valence-electron chi connectivity index (χ0n) is 13.3. The van der Waals surface area contributed by atoms with Crippen molar-refractivity contribution < 1.29 is 27.5 Å². The molecule has 0 heterocycles. The van der Waals surface area contributed by atoms with Crippen molar-refractivity contribution in [2.75, 3.05) is 19.0 Å². The van der Waals surface area contributed by atoms with Crippen LogP contribution in [0.15, 0.2) is 53.4 Å². The molecule has 0 atom stereocenters. The average Bonchev–Trinajstić information content (AvgIpc) is 2.59. The first-order valence-corrected chi connectivity index (χ1v) is 8.59. The molecule has 0 spiro atoms. The van der Waals surface area contributed by atoms with Crippen molar-refractivity contribution in [3.05, 3.63) is 54.1 Å². The fourth-order valence-corrected chi connectivity index (χ4v) is 2.68. The lowest BCUT2D eigenvalue weighted by molar-refractivity contribution is -0.119. The number of sulfonamides is 1. The van der Waals surface area contributed by atoms with E-state index in [9.17, 15) is 18.0 Å². The number of para-hydroxylation sites is 1. The number of hydrogen-bond acceptors (Lipinski definition) is 6. The van der Waals surface area contributed by atoms with Gasteiger partial charge in [0.1, 0.15) is 10.6 Å². The van der Waals surface area contributed by atoms with Crippen molar-refractivity contribution in [2.45, 2.75) is 4.90 Å². The maximum Gasteiger partial charge on any atom is 0.338 e. The van der Waals surface area contributed by atoms with Crippen LogP contribution in [-0.4, -0.2) is 34.0 Å². The molecule has 0 saturated heterocycles. The van der Waals surface area contributed by atoms with Crippen LogP contribution >= 0.6 is 0 Å². The molecular formula is C16H16N2O6S. The first kappa shape index (κ1) is 18.4. The summed E-state index contributed by atoms with van der Waals surface area (Å²) in [6.45, 7) is -0.523. The molecule has 0 bridgehead atoms. The molecule has 8 nitrogen and oxygen atoms in total. The fourth-order valence-electron chi connectivity index (χ4n) is 1.96. The van der Waals surface area contributed by atoms with Crippen LogP contribution in [0.2, 0.25) is 0 Å². The first-order chi connectivity index (χ1) is 11.8. The van der Waals surface area contributed by atoms with Gasteiger partial charge < -0.3 is 14.8 Å². The number of carbonyl (C=O) groups is 2. The van der Waals surface area contributed by atoms with Crippen LogP contribution in [0.3, 0.4) is 0 Å². The Hall–Kier alpha value is -2.91. The van der Waals surface area contributed by atoms with Gasteiger partial charge in [-0.15, -0.1) is 0 Å². The smallest absolute Gasteiger partial charge is 0.338 e. The molecule has 25 heavy (non-hydrogen) atoms. The minimum absolute atomic E-state index is 0.000806. The quantitative estimate of drug-likeness (QED) is 0.741. The SMILES string of the molecule is COc1ccc(C(=O)OCC(=O)Nc2ccccc2)cc1S(N)(=O)=O. The van der Waals surface area contributed by atoms with Crippen LogP contribution in [-0.2, 0) is 19.6 Å². The van der Waals surface area contributed by atoms with Gasteiger partial charge in [0.15, 0.2) is 6.61 Å². The van der Waals surface area contributed by atoms with Gasteiger partial charge >= 0.3 is 5.97 Å². The van der Waals surface area contributed by atoms with E-state index in [1.165, 1.54) is 19.2 Å². The topological polar surface area (TPSA) is 125 Å². The number of nitrogens with two attached hydrogens (primary N) is 1. The standard InChI is InChI=1S/C16H16N2O6S/c1-23-13-8-7-11(9-14(13)25(17,21)22)16(20)24-10-15(19)18-12-5-3-2-4-6-12/h2-9H,10H2,1H3,(H,18,19)(H2,17,21,22). The number of anilines is 1. The van der Waals surface area contributed by atoms with E-state index in [-0.39, 0.29) is 16.2 Å². The lowest BCUT2D eigenvalue weighted by Gasteiger charge is -2.09. The minimum atomic E-state index is -4.09. The van der Waals surface area contributed by atoms with Crippen molar-refractivity contribution >= 4 is 27.6 Å². The number of nitrogens with one attached hydrogen (secondary N) is 1. The molecular weight excluding hydrogens is 348 g/mol. The zero-order valence-corrected chi connectivity index (χ0v) is 14.1. The lowest BCUT2D eigenvalue weighted by atomic mass is 10.2. The molecule has 2 aromatic rings. The highest BCUT2D eigenvalue weighted by Gasteiger charge is 2.19. The normalized spacial score (nSPS) is 10.8. The summed E-state index contributed by atoms with van der Waals surface area (Å²) in [6.07, 6.45) is 0. The highest BCUT2D eigenvalue weighted by molar-refractivity contribution is 7.89. The van der Waals surface area contributed by atoms with E-state index in [0.717, 1.165) is 6.07 Å². The third-order valence-corrected chi connectivity index (χ3v) is 4.03. The summed E-state index contributed by atoms with van der Waals surface area (Å²) >= 11 is 0. The van der Waals surface area contributed by atoms with Gasteiger partial charge in [-0.1, -0.05) is 18.2 Å². The minimum Gasteiger partial charge on any atom is -0.495 e. The van der Waals surface area contributed by atoms with Crippen LogP contribution in [0.4, 0.5) is 5.69 Å². The Bertz CT molecular complexity index is 881. The maximum atomic E-state index is 12.0. The molecule has 132 valence electrons. The summed E-state index contributed by atoms with van der Waals surface area (Å²) in [5.41, 5.74) is 0.488. The molecule has 0 aliphatic rings. The van der Waals surface area contributed by atoms with E-state index in [4.69, 9.17) is 14.6 Å². The average molecular weight is 364 g/mol. The van der Waals surface area contributed by atoms with Gasteiger partial charge in [0, 0.05) is 5.69 Å². The summed E-state index contributed by atoms with van der Waals surface area (Å²) in [5, 5.41) is 7.64. The summed E-state index contributed by atoms with van der Waals surface area (Å²) in [5.74, 6) is -1.39. The van der Waals surface area contributed by atoms with Crippen LogP contribution in [0, 0.1) is 0 Å². The van der Waals surface area contributed by atoms with Gasteiger partial charge in [-0.2, -0.15) is 0 Å². The Morgan fingerprint density at radius 1 is 1.12 bits per heavy atom. The highest BCUT2D eigenvalue weighted by Crippen LogP contribution is 2.24. The maximum absolute atomic E-state index is 12.0. The van der Waals surface area contributed by atoms with Crippen molar-refractivity contribution in [1.29, 1.82) is 0 Å². The third kappa shape index (κ3) is 5.03. The van der Waals surface area contributed by atoms with Crippen molar-refractivity contribution in [3.8, 4) is 5.75 Å². The number of rotatable bonds is 6. The van der Waals surface area contributed by atoms with E-state index >= 15 is 0 Å². The number of methoxy groups -OCH3 is 1. The van der Waals surface area contributed by atoms with Crippen LogP contribution in [0.25, 0.3) is 0 Å². The number of hydrogen-bond donors (Lipinski definition) is 2. The molecule has 0 aromatic heterocycles. The second-order valence-electron chi connectivity index (χ2n) is 4.90. The van der Waals surface area contributed by atoms with E-state index in [1.807, 2.05) is 0 Å². The highest BCUT2D eigenvalue weighted by atomic mass is 32.2. The predicted molar refractivity (Wildman–Crippen MR) is 89.7 cm³/mol. The predicted octanol–water partition coefficient (Wildman–Crippen LogP) is 1.14. The van der Waals surface area contributed by atoms with Gasteiger partial charge in [0.2, 0.25) is 10.0 Å². The van der Waals surface area contributed by atoms with Crippen LogP contribution in [0.1, 0.15) is 10.4 Å². The van der Waals surface area contributed by atoms with E-state index < -0.39 is 28.5 Å². The number of esters is 1. The second-order valence-corrected chi connectivity index (χ2v) is 6.43. The van der Waals surface area contributed by atoms with Crippen molar-refractivity contribution in [1.82, 2.24) is 0 Å². The number of benzene rings is 2. The van der Waals surface area contributed by atoms with Crippen molar-refractivity contribution in [3.63, 3.8) is 0 Å². The fraction of sp³-hybridized carbons (Fsp3) is 0.125. The van der Waals surface area contributed by atoms with Crippen LogP contribution in [0.5, 0.6) is 5.75 Å². The summed E-state index contributed by atoms with van der Waals surface area (Å²) in [7, 11) is -2.81. The zero-order chi connectivity index (χ0) is 18.4. The molecule has 0 fully saturated rings. The summed E-state index contributed by atoms with van der Waals surface area (Å²) in [4.78, 5) is 23.4. The second kappa shape index (κ2) is 7.77. The largest absolute Gasteiger partial charge is 0.495 e. The van der Waals surface area contributed by atoms with Crippen LogP contribution < -0.4 is 15.2 Å². The summed E-state index contributed by atoms with van der Waals surface area (Å²) in [6, 6.07) is 12.3. The molecule has 0 aliphatic carbocycles. The number of ether oxygens (including phenoxy) is 2. The molecule has 1 amide bonds. The van der Waals surface area contributed by atoms with E-state index in [1.54, 1.807) is 30.3 Å². The molecule has 3 N–H and O–H groups in total. The monoisotopic (exact) mass is 364 g/mol. The Kier molecular flexibility index (Phi) is 5.73. The van der Waals surface area contributed by atoms with Gasteiger partial charge in [-0.3, -0.25) is 4.79 Å². The molecule has 9 heteroatoms. The van der Waals surface area contributed by atoms with Crippen molar-refractivity contribution in [2.24, 2.45) is 5.14 Å². The first-order valence-electron chi connectivity index (χ1n) is 7.04.